The minimum absolute atomic E-state index is 0.0180. The van der Waals surface area contributed by atoms with Gasteiger partial charge in [0, 0.05) is 23.9 Å². The maximum absolute atomic E-state index is 13.2. The number of imidazole rings is 1. The molecular formula is C20H21N3O3. The first-order chi connectivity index (χ1) is 12.7. The van der Waals surface area contributed by atoms with Crippen LogP contribution < -0.4 is 9.47 Å². The second-order valence-corrected chi connectivity index (χ2v) is 6.44. The largest absolute Gasteiger partial charge is 0.497 e. The molecule has 26 heavy (non-hydrogen) atoms. The first kappa shape index (κ1) is 16.4. The van der Waals surface area contributed by atoms with Gasteiger partial charge in [0.15, 0.2) is 0 Å². The van der Waals surface area contributed by atoms with E-state index in [1.165, 1.54) is 0 Å². The van der Waals surface area contributed by atoms with Gasteiger partial charge in [-0.15, -0.1) is 0 Å². The number of aromatic nitrogens is 2. The molecule has 1 saturated carbocycles. The molecule has 4 rings (SSSR count). The summed E-state index contributed by atoms with van der Waals surface area (Å²) < 4.78 is 12.6. The molecule has 1 fully saturated rings. The Kier molecular flexibility index (Phi) is 4.24. The average molecular weight is 351 g/mol. The molecule has 1 aromatic carbocycles. The molecule has 2 aromatic heterocycles. The van der Waals surface area contributed by atoms with Crippen molar-refractivity contribution in [2.45, 2.75) is 25.4 Å². The van der Waals surface area contributed by atoms with E-state index in [0.717, 1.165) is 24.2 Å². The number of fused-ring (bicyclic) bond motifs is 1. The number of hydrogen-bond acceptors (Lipinski definition) is 4. The van der Waals surface area contributed by atoms with Gasteiger partial charge in [0.2, 0.25) is 0 Å². The van der Waals surface area contributed by atoms with Crippen LogP contribution in [0.25, 0.3) is 5.65 Å². The molecule has 0 spiro atoms. The number of hydrogen-bond donors (Lipinski definition) is 0. The van der Waals surface area contributed by atoms with Crippen LogP contribution in [0.5, 0.6) is 11.5 Å². The number of nitrogens with zero attached hydrogens (tertiary/aromatic N) is 3. The Bertz CT molecular complexity index is 924. The van der Waals surface area contributed by atoms with Gasteiger partial charge >= 0.3 is 0 Å². The summed E-state index contributed by atoms with van der Waals surface area (Å²) in [6, 6.07) is 11.4. The molecule has 134 valence electrons. The molecule has 3 aromatic rings. The third kappa shape index (κ3) is 3.10. The summed E-state index contributed by atoms with van der Waals surface area (Å²) in [5.41, 5.74) is 2.45. The van der Waals surface area contributed by atoms with Crippen LogP contribution in [0.2, 0.25) is 0 Å². The lowest BCUT2D eigenvalue weighted by Crippen LogP contribution is -2.33. The highest BCUT2D eigenvalue weighted by Crippen LogP contribution is 2.31. The summed E-state index contributed by atoms with van der Waals surface area (Å²) >= 11 is 0. The first-order valence-electron chi connectivity index (χ1n) is 8.64. The highest BCUT2D eigenvalue weighted by atomic mass is 16.5. The van der Waals surface area contributed by atoms with Crippen molar-refractivity contribution in [3.63, 3.8) is 0 Å². The number of carbonyl (C=O) groups is 1. The van der Waals surface area contributed by atoms with Gasteiger partial charge in [0.25, 0.3) is 5.91 Å². The number of ether oxygens (including phenoxy) is 2. The van der Waals surface area contributed by atoms with Gasteiger partial charge in [0.05, 0.1) is 32.7 Å². The van der Waals surface area contributed by atoms with Crippen molar-refractivity contribution < 1.29 is 14.3 Å². The second-order valence-electron chi connectivity index (χ2n) is 6.44. The molecule has 0 N–H and O–H groups in total. The Labute approximate surface area is 152 Å². The highest BCUT2D eigenvalue weighted by Gasteiger charge is 2.34. The number of rotatable bonds is 6. The Hall–Kier alpha value is -3.02. The van der Waals surface area contributed by atoms with Crippen LogP contribution in [-0.4, -0.2) is 40.5 Å². The van der Waals surface area contributed by atoms with E-state index >= 15 is 0 Å². The molecule has 0 bridgehead atoms. The molecule has 1 amide bonds. The predicted molar refractivity (Wildman–Crippen MR) is 97.6 cm³/mol. The Morgan fingerprint density at radius 1 is 1.19 bits per heavy atom. The predicted octanol–water partition coefficient (Wildman–Crippen LogP) is 3.16. The smallest absolute Gasteiger partial charge is 0.254 e. The lowest BCUT2D eigenvalue weighted by Gasteiger charge is -2.23. The minimum atomic E-state index is -0.0180. The summed E-state index contributed by atoms with van der Waals surface area (Å²) in [4.78, 5) is 19.6. The maximum Gasteiger partial charge on any atom is 0.254 e. The molecule has 2 heterocycles. The van der Waals surface area contributed by atoms with Crippen molar-refractivity contribution in [1.82, 2.24) is 14.3 Å². The van der Waals surface area contributed by atoms with Gasteiger partial charge in [-0.1, -0.05) is 6.07 Å². The second kappa shape index (κ2) is 6.71. The summed E-state index contributed by atoms with van der Waals surface area (Å²) in [7, 11) is 3.17. The van der Waals surface area contributed by atoms with Crippen LogP contribution in [0.1, 0.15) is 28.9 Å². The van der Waals surface area contributed by atoms with E-state index in [4.69, 9.17) is 9.47 Å². The van der Waals surface area contributed by atoms with Crippen molar-refractivity contribution >= 4 is 11.6 Å². The molecule has 1 aliphatic rings. The molecule has 6 nitrogen and oxygen atoms in total. The molecular weight excluding hydrogens is 330 g/mol. The fourth-order valence-electron chi connectivity index (χ4n) is 3.13. The Morgan fingerprint density at radius 2 is 1.92 bits per heavy atom. The molecule has 0 aliphatic heterocycles. The van der Waals surface area contributed by atoms with Gasteiger partial charge in [-0.2, -0.15) is 0 Å². The lowest BCUT2D eigenvalue weighted by atomic mass is 10.1. The monoisotopic (exact) mass is 351 g/mol. The van der Waals surface area contributed by atoms with Gasteiger partial charge in [-0.3, -0.25) is 4.79 Å². The van der Waals surface area contributed by atoms with Gasteiger partial charge < -0.3 is 18.8 Å². The highest BCUT2D eigenvalue weighted by molar-refractivity contribution is 5.95. The van der Waals surface area contributed by atoms with Gasteiger partial charge in [0.1, 0.15) is 17.1 Å². The third-order valence-electron chi connectivity index (χ3n) is 4.67. The molecule has 0 saturated heterocycles. The lowest BCUT2D eigenvalue weighted by molar-refractivity contribution is 0.0726. The van der Waals surface area contributed by atoms with Crippen molar-refractivity contribution in [1.29, 1.82) is 0 Å². The number of methoxy groups -OCH3 is 2. The van der Waals surface area contributed by atoms with Crippen LogP contribution in [0, 0.1) is 0 Å². The Morgan fingerprint density at radius 3 is 2.58 bits per heavy atom. The topological polar surface area (TPSA) is 56.1 Å². The summed E-state index contributed by atoms with van der Waals surface area (Å²) in [6.45, 7) is 0.522. The van der Waals surface area contributed by atoms with E-state index in [1.807, 2.05) is 39.9 Å². The van der Waals surface area contributed by atoms with E-state index in [0.29, 0.717) is 23.6 Å². The quantitative estimate of drug-likeness (QED) is 0.685. The molecule has 6 heteroatoms. The van der Waals surface area contributed by atoms with Crippen molar-refractivity contribution in [2.75, 3.05) is 14.2 Å². The van der Waals surface area contributed by atoms with Crippen LogP contribution in [0.3, 0.4) is 0 Å². The molecule has 0 unspecified atom stereocenters. The fraction of sp³-hybridized carbons (Fsp3) is 0.300. The maximum atomic E-state index is 13.2. The van der Waals surface area contributed by atoms with Crippen molar-refractivity contribution in [3.8, 4) is 11.5 Å². The van der Waals surface area contributed by atoms with E-state index < -0.39 is 0 Å². The number of carbonyl (C=O) groups excluding carboxylic acids is 1. The average Bonchev–Trinajstić information content (AvgIpc) is 3.45. The normalized spacial score (nSPS) is 13.6. The van der Waals surface area contributed by atoms with Crippen molar-refractivity contribution in [2.24, 2.45) is 0 Å². The van der Waals surface area contributed by atoms with E-state index in [1.54, 1.807) is 32.4 Å². The van der Waals surface area contributed by atoms with Gasteiger partial charge in [-0.25, -0.2) is 4.98 Å². The molecule has 0 atom stereocenters. The zero-order valence-electron chi connectivity index (χ0n) is 14.9. The number of benzene rings is 1. The molecule has 0 radical (unpaired) electrons. The number of amides is 1. The fourth-order valence-corrected chi connectivity index (χ4v) is 3.13. The summed E-state index contributed by atoms with van der Waals surface area (Å²) in [5.74, 6) is 1.20. The van der Waals surface area contributed by atoms with Crippen LogP contribution in [0.15, 0.2) is 48.8 Å². The summed E-state index contributed by atoms with van der Waals surface area (Å²) in [5, 5.41) is 0. The van der Waals surface area contributed by atoms with Crippen molar-refractivity contribution in [3.05, 3.63) is 60.0 Å². The van der Waals surface area contributed by atoms with E-state index in [2.05, 4.69) is 4.98 Å². The van der Waals surface area contributed by atoms with Crippen LogP contribution in [0.4, 0.5) is 0 Å². The zero-order valence-corrected chi connectivity index (χ0v) is 14.9. The third-order valence-corrected chi connectivity index (χ3v) is 4.67. The van der Waals surface area contributed by atoms with E-state index in [-0.39, 0.29) is 11.9 Å². The number of pyridine rings is 1. The first-order valence-corrected chi connectivity index (χ1v) is 8.64. The molecule has 1 aliphatic carbocycles. The Balaban J connectivity index is 1.65. The minimum Gasteiger partial charge on any atom is -0.497 e. The van der Waals surface area contributed by atoms with E-state index in [9.17, 15) is 4.79 Å². The zero-order chi connectivity index (χ0) is 18.1. The van der Waals surface area contributed by atoms with Crippen LogP contribution >= 0.6 is 0 Å². The van der Waals surface area contributed by atoms with Crippen LogP contribution in [-0.2, 0) is 6.54 Å². The SMILES string of the molecule is COc1cc(OC)cc(C(=O)N(Cc2cnc3ccccn23)C2CC2)c1. The van der Waals surface area contributed by atoms with Gasteiger partial charge in [-0.05, 0) is 37.1 Å². The summed E-state index contributed by atoms with van der Waals surface area (Å²) in [6.07, 6.45) is 5.87. The standard InChI is InChI=1S/C20H21N3O3/c1-25-17-9-14(10-18(11-17)26-2)20(24)23(15-6-7-15)13-16-12-21-19-5-3-4-8-22(16)19/h3-5,8-12,15H,6-7,13H2,1-2H3.